The van der Waals surface area contributed by atoms with Crippen LogP contribution in [0.3, 0.4) is 0 Å². The summed E-state index contributed by atoms with van der Waals surface area (Å²) < 4.78 is 233. The molecular weight excluding hydrogens is 1080 g/mol. The molecule has 0 amide bonds. The highest BCUT2D eigenvalue weighted by Gasteiger charge is 2.34. The van der Waals surface area contributed by atoms with Crippen molar-refractivity contribution >= 4 is 91.4 Å². The zero-order chi connectivity index (χ0) is 54.0. The van der Waals surface area contributed by atoms with E-state index in [4.69, 9.17) is 4.98 Å². The number of benzene rings is 6. The lowest BCUT2D eigenvalue weighted by Gasteiger charge is -2.23. The molecule has 0 saturated carbocycles. The Morgan fingerprint density at radius 2 is 0.688 bits per heavy atom. The van der Waals surface area contributed by atoms with Gasteiger partial charge in [-0.25, -0.2) is 75.8 Å². The van der Waals surface area contributed by atoms with E-state index in [2.05, 4.69) is 15.0 Å². The van der Waals surface area contributed by atoms with E-state index in [9.17, 15) is 13.2 Å². The van der Waals surface area contributed by atoms with Crippen LogP contribution in [0.2, 0.25) is 0 Å². The molecule has 0 radical (unpaired) electrons. The third kappa shape index (κ3) is 7.73. The number of nitrogens with zero attached hydrogens (tertiary/aromatic N) is 2. The number of H-pyrrole nitrogens is 2. The number of aromatic amines is 2. The molecule has 1 fully saturated rings. The molecule has 0 unspecified atom stereocenters. The number of hydrogen-bond donors (Lipinski definition) is 2. The molecular formula is C56H25F15N4S2. The molecule has 0 spiro atoms. The molecule has 12 rings (SSSR count). The lowest BCUT2D eigenvalue weighted by molar-refractivity contribution is 0.381. The van der Waals surface area contributed by atoms with Gasteiger partial charge in [0.1, 0.15) is 0 Å². The van der Waals surface area contributed by atoms with Crippen LogP contribution in [0.4, 0.5) is 65.9 Å². The predicted molar refractivity (Wildman–Crippen MR) is 267 cm³/mol. The van der Waals surface area contributed by atoms with Crippen molar-refractivity contribution in [3.8, 4) is 44.5 Å². The Labute approximate surface area is 431 Å². The number of nitrogens with one attached hydrogen (secondary N) is 2. The largest absolute Gasteiger partial charge is 0.354 e. The molecule has 0 aliphatic carbocycles. The van der Waals surface area contributed by atoms with Gasteiger partial charge < -0.3 is 9.97 Å². The van der Waals surface area contributed by atoms with Crippen molar-refractivity contribution in [3.63, 3.8) is 0 Å². The summed E-state index contributed by atoms with van der Waals surface area (Å²) in [5, 5.41) is 2.94. The van der Waals surface area contributed by atoms with Crippen molar-refractivity contribution in [2.75, 3.05) is 11.5 Å². The minimum atomic E-state index is -2.61. The maximum absolute atomic E-state index is 16.2. The Morgan fingerprint density at radius 1 is 0.351 bits per heavy atom. The molecule has 3 aliphatic heterocycles. The Morgan fingerprint density at radius 3 is 1.09 bits per heavy atom. The van der Waals surface area contributed by atoms with Crippen LogP contribution in [-0.4, -0.2) is 31.4 Å². The molecule has 386 valence electrons. The minimum absolute atomic E-state index is 0.0298. The quantitative estimate of drug-likeness (QED) is 0.0780. The SMILES string of the molecule is Fc1c(F)c(F)c(-c2c3nc(c(-c4c(F)c(F)c(F)c(F)c4F)c4ccc([nH]4)c(-c4cccc5cc6cccc(C7SCCCS7)c6cc45)c4nc(c(-c5c(F)c(F)c(F)c(F)c5F)c5ccc2[nH]5)C=C4)C=C3)c(F)c1F. The summed E-state index contributed by atoms with van der Waals surface area (Å²) in [6, 6.07) is 19.1. The van der Waals surface area contributed by atoms with Gasteiger partial charge in [-0.15, -0.1) is 23.5 Å². The lowest BCUT2D eigenvalue weighted by Crippen LogP contribution is -2.06. The highest BCUT2D eigenvalue weighted by atomic mass is 32.2. The average molecular weight is 1100 g/mol. The molecule has 2 N–H and O–H groups in total. The van der Waals surface area contributed by atoms with E-state index < -0.39 is 154 Å². The van der Waals surface area contributed by atoms with E-state index >= 15 is 52.7 Å². The first-order valence-corrected chi connectivity index (χ1v) is 24.9. The van der Waals surface area contributed by atoms with Crippen molar-refractivity contribution in [1.82, 2.24) is 19.9 Å². The first kappa shape index (κ1) is 49.9. The van der Waals surface area contributed by atoms with Gasteiger partial charge in [0.25, 0.3) is 0 Å². The second-order valence-corrected chi connectivity index (χ2v) is 20.4. The summed E-state index contributed by atoms with van der Waals surface area (Å²) in [6.45, 7) is 0. The summed E-state index contributed by atoms with van der Waals surface area (Å²) in [7, 11) is 0. The van der Waals surface area contributed by atoms with Gasteiger partial charge in [-0.2, -0.15) is 0 Å². The Hall–Kier alpha value is -7.91. The van der Waals surface area contributed by atoms with Gasteiger partial charge >= 0.3 is 0 Å². The van der Waals surface area contributed by atoms with Gasteiger partial charge in [-0.05, 0) is 111 Å². The maximum Gasteiger partial charge on any atom is 0.200 e. The summed E-state index contributed by atoms with van der Waals surface area (Å²) >= 11 is 3.54. The van der Waals surface area contributed by atoms with Crippen molar-refractivity contribution in [3.05, 3.63) is 188 Å². The zero-order valence-electron chi connectivity index (χ0n) is 38.3. The zero-order valence-corrected chi connectivity index (χ0v) is 39.9. The highest BCUT2D eigenvalue weighted by molar-refractivity contribution is 8.16. The van der Waals surface area contributed by atoms with E-state index in [-0.39, 0.29) is 21.4 Å². The monoisotopic (exact) mass is 1100 g/mol. The van der Waals surface area contributed by atoms with Gasteiger partial charge in [0.05, 0.1) is 44.0 Å². The standard InChI is InChI=1S/C56H25F15N4S2/c57-41-38(42(58)48(64)53(69)47(41)63)35-28-10-8-26(72-28)34(22-6-1-4-20-18-21-5-2-7-23(25(21)19-24(20)22)56-76-16-3-17-77-56)27-9-11-29(73-27)36(39-43(59)49(65)54(70)50(66)44(39)60)31-13-15-33(75-31)37(32-14-12-30(35)74-32)40-45(61)51(67)55(71)52(68)46(40)62/h1-2,4-15,18-19,56,72,75H,3,16-17H2. The van der Waals surface area contributed by atoms with Crippen LogP contribution in [0, 0.1) is 87.3 Å². The first-order valence-electron chi connectivity index (χ1n) is 22.9. The van der Waals surface area contributed by atoms with E-state index in [1.807, 2.05) is 30.3 Å². The van der Waals surface area contributed by atoms with Gasteiger partial charge in [-0.3, -0.25) is 0 Å². The summed E-state index contributed by atoms with van der Waals surface area (Å²) in [5.41, 5.74) is -10.3. The highest BCUT2D eigenvalue weighted by Crippen LogP contribution is 2.48. The Bertz CT molecular complexity index is 4200. The van der Waals surface area contributed by atoms with Crippen molar-refractivity contribution in [1.29, 1.82) is 0 Å². The smallest absolute Gasteiger partial charge is 0.200 e. The molecule has 3 aromatic heterocycles. The van der Waals surface area contributed by atoms with Crippen LogP contribution < -0.4 is 0 Å². The van der Waals surface area contributed by atoms with E-state index in [1.54, 1.807) is 41.7 Å². The molecule has 3 aliphatic rings. The second-order valence-electron chi connectivity index (χ2n) is 17.7. The number of hydrogen-bond acceptors (Lipinski definition) is 4. The van der Waals surface area contributed by atoms with Gasteiger partial charge in [0, 0.05) is 44.3 Å². The Kier molecular flexibility index (Phi) is 12.1. The summed E-state index contributed by atoms with van der Waals surface area (Å²) in [6.07, 6.45) is 5.11. The van der Waals surface area contributed by atoms with Crippen LogP contribution >= 0.6 is 23.5 Å². The fourth-order valence-corrected chi connectivity index (χ4v) is 12.9. The van der Waals surface area contributed by atoms with E-state index in [0.717, 1.165) is 70.7 Å². The van der Waals surface area contributed by atoms with E-state index in [1.165, 1.54) is 12.1 Å². The van der Waals surface area contributed by atoms with Crippen LogP contribution in [0.5, 0.6) is 0 Å². The van der Waals surface area contributed by atoms with Gasteiger partial charge in [0.15, 0.2) is 69.8 Å². The molecule has 6 aromatic carbocycles. The Balaban J connectivity index is 1.30. The van der Waals surface area contributed by atoms with Gasteiger partial charge in [0.2, 0.25) is 17.5 Å². The molecule has 6 heterocycles. The molecule has 8 bridgehead atoms. The molecule has 9 aromatic rings. The maximum atomic E-state index is 16.2. The van der Waals surface area contributed by atoms with Crippen molar-refractivity contribution < 1.29 is 65.9 Å². The number of halogens is 15. The number of thioether (sulfide) groups is 2. The minimum Gasteiger partial charge on any atom is -0.354 e. The predicted octanol–water partition coefficient (Wildman–Crippen LogP) is 17.6. The molecule has 0 atom stereocenters. The fourth-order valence-electron chi connectivity index (χ4n) is 9.92. The van der Waals surface area contributed by atoms with Crippen LogP contribution in [0.15, 0.2) is 72.8 Å². The summed E-state index contributed by atoms with van der Waals surface area (Å²) in [5.74, 6) is -34.8. The van der Waals surface area contributed by atoms with Crippen LogP contribution in [-0.2, 0) is 0 Å². The van der Waals surface area contributed by atoms with Crippen LogP contribution in [0.25, 0.3) is 112 Å². The summed E-state index contributed by atoms with van der Waals surface area (Å²) in [4.78, 5) is 14.4. The number of rotatable bonds is 5. The van der Waals surface area contributed by atoms with Crippen molar-refractivity contribution in [2.24, 2.45) is 0 Å². The first-order chi connectivity index (χ1) is 36.9. The fraction of sp³-hybridized carbons (Fsp3) is 0.0714. The lowest BCUT2D eigenvalue weighted by atomic mass is 9.93. The normalized spacial score (nSPS) is 13.8. The van der Waals surface area contributed by atoms with Crippen molar-refractivity contribution in [2.45, 2.75) is 11.0 Å². The molecule has 4 nitrogen and oxygen atoms in total. The number of fused-ring (bicyclic) bond motifs is 10. The van der Waals surface area contributed by atoms with E-state index in [0.29, 0.717) is 16.3 Å². The number of aromatic nitrogens is 4. The topological polar surface area (TPSA) is 57.4 Å². The van der Waals surface area contributed by atoms with Gasteiger partial charge in [-0.1, -0.05) is 36.4 Å². The van der Waals surface area contributed by atoms with Crippen LogP contribution in [0.1, 0.15) is 39.3 Å². The third-order valence-corrected chi connectivity index (χ3v) is 16.4. The second kappa shape index (κ2) is 18.7. The third-order valence-electron chi connectivity index (χ3n) is 13.4. The molecule has 1 saturated heterocycles. The molecule has 21 heteroatoms. The average Bonchev–Trinajstić information content (AvgIpc) is 4.31. The molecule has 77 heavy (non-hydrogen) atoms.